The molecule has 0 bridgehead atoms. The number of imidazole rings is 1. The number of amides is 2. The van der Waals surface area contributed by atoms with Crippen molar-refractivity contribution in [3.05, 3.63) is 101 Å². The molecule has 2 unspecified atom stereocenters. The number of carbonyl (C=O) groups is 2. The Morgan fingerprint density at radius 3 is 2.75 bits per heavy atom. The normalized spacial score (nSPS) is 17.2. The van der Waals surface area contributed by atoms with Crippen molar-refractivity contribution in [3.8, 4) is 0 Å². The number of fused-ring (bicyclic) bond motifs is 2. The lowest BCUT2D eigenvalue weighted by Gasteiger charge is -2.18. The fourth-order valence-corrected chi connectivity index (χ4v) is 4.02. The third-order valence-corrected chi connectivity index (χ3v) is 5.62. The Hall–Kier alpha value is -4.04. The van der Waals surface area contributed by atoms with Crippen molar-refractivity contribution < 1.29 is 19.1 Å². The van der Waals surface area contributed by atoms with Crippen LogP contribution in [-0.2, 0) is 6.42 Å². The van der Waals surface area contributed by atoms with Crippen LogP contribution in [0.4, 0.5) is 10.1 Å². The average molecular weight is 430 g/mol. The second-order valence-electron chi connectivity index (χ2n) is 7.64. The smallest absolute Gasteiger partial charge is 0.274 e. The van der Waals surface area contributed by atoms with Crippen molar-refractivity contribution in [2.45, 2.75) is 18.6 Å². The Morgan fingerprint density at radius 1 is 1.06 bits per heavy atom. The number of halogens is 1. The second kappa shape index (κ2) is 7.90. The van der Waals surface area contributed by atoms with E-state index < -0.39 is 29.8 Å². The average Bonchev–Trinajstić information content (AvgIpc) is 3.36. The molecule has 0 spiro atoms. The first kappa shape index (κ1) is 19.9. The summed E-state index contributed by atoms with van der Waals surface area (Å²) in [5, 5.41) is 15.7. The van der Waals surface area contributed by atoms with Crippen LogP contribution in [0.2, 0.25) is 0 Å². The number of rotatable bonds is 4. The standard InChI is InChI=1S/C24H19FN4O3/c25-17-9-8-15(23(31)28-22-16-6-2-1-5-14(16)12-20(22)30)11-18(17)27-24(32)19-13-26-21-7-3-4-10-29(19)21/h1-11,13,20,22,30H,12H2,(H,27,32)(H,28,31). The van der Waals surface area contributed by atoms with Gasteiger partial charge in [0.2, 0.25) is 0 Å². The molecule has 2 atom stereocenters. The third-order valence-electron chi connectivity index (χ3n) is 5.62. The van der Waals surface area contributed by atoms with Crippen LogP contribution in [0.1, 0.15) is 38.0 Å². The Labute approximate surface area is 182 Å². The number of nitrogens with one attached hydrogen (secondary N) is 2. The van der Waals surface area contributed by atoms with Crippen molar-refractivity contribution >= 4 is 23.1 Å². The third kappa shape index (κ3) is 3.50. The zero-order valence-corrected chi connectivity index (χ0v) is 16.8. The molecule has 1 aliphatic carbocycles. The minimum absolute atomic E-state index is 0.124. The number of hydrogen-bond acceptors (Lipinski definition) is 4. The summed E-state index contributed by atoms with van der Waals surface area (Å²) < 4.78 is 16.0. The van der Waals surface area contributed by atoms with Gasteiger partial charge in [0.1, 0.15) is 17.2 Å². The van der Waals surface area contributed by atoms with Gasteiger partial charge in [0.05, 0.1) is 24.0 Å². The van der Waals surface area contributed by atoms with Crippen LogP contribution in [-0.4, -0.2) is 32.4 Å². The molecule has 0 saturated carbocycles. The van der Waals surface area contributed by atoms with Gasteiger partial charge in [-0.3, -0.25) is 14.0 Å². The number of aliphatic hydroxyl groups excluding tert-OH is 1. The molecule has 0 radical (unpaired) electrons. The Bertz CT molecular complexity index is 1350. The zero-order valence-electron chi connectivity index (χ0n) is 16.8. The predicted octanol–water partition coefficient (Wildman–Crippen LogP) is 3.11. The van der Waals surface area contributed by atoms with Crippen LogP contribution in [0.25, 0.3) is 5.65 Å². The molecule has 8 heteroatoms. The van der Waals surface area contributed by atoms with E-state index in [1.807, 2.05) is 24.3 Å². The van der Waals surface area contributed by atoms with Gasteiger partial charge in [-0.05, 0) is 41.5 Å². The van der Waals surface area contributed by atoms with Crippen LogP contribution in [0.3, 0.4) is 0 Å². The minimum atomic E-state index is -0.744. The highest BCUT2D eigenvalue weighted by atomic mass is 19.1. The number of hydrogen-bond donors (Lipinski definition) is 3. The Kier molecular flexibility index (Phi) is 4.91. The van der Waals surface area contributed by atoms with Gasteiger partial charge in [0.25, 0.3) is 11.8 Å². The first-order chi connectivity index (χ1) is 15.5. The largest absolute Gasteiger partial charge is 0.390 e. The van der Waals surface area contributed by atoms with E-state index in [1.165, 1.54) is 18.3 Å². The number of aliphatic hydroxyl groups is 1. The van der Waals surface area contributed by atoms with Crippen LogP contribution in [0, 0.1) is 5.82 Å². The lowest BCUT2D eigenvalue weighted by molar-refractivity contribution is 0.0857. The maximum atomic E-state index is 14.4. The van der Waals surface area contributed by atoms with Gasteiger partial charge in [-0.25, -0.2) is 9.37 Å². The topological polar surface area (TPSA) is 95.7 Å². The second-order valence-corrected chi connectivity index (χ2v) is 7.64. The summed E-state index contributed by atoms with van der Waals surface area (Å²) in [5.41, 5.74) is 2.70. The summed E-state index contributed by atoms with van der Waals surface area (Å²) in [6, 6.07) is 16.0. The number of pyridine rings is 1. The Balaban J connectivity index is 1.37. The number of carbonyl (C=O) groups excluding carboxylic acids is 2. The molecule has 2 amide bonds. The van der Waals surface area contributed by atoms with Crippen LogP contribution >= 0.6 is 0 Å². The summed E-state index contributed by atoms with van der Waals surface area (Å²) in [6.07, 6.45) is 2.79. The van der Waals surface area contributed by atoms with E-state index in [4.69, 9.17) is 0 Å². The molecular weight excluding hydrogens is 411 g/mol. The lowest BCUT2D eigenvalue weighted by atomic mass is 10.1. The van der Waals surface area contributed by atoms with E-state index in [0.717, 1.165) is 17.2 Å². The monoisotopic (exact) mass is 430 g/mol. The van der Waals surface area contributed by atoms with E-state index in [-0.39, 0.29) is 16.9 Å². The lowest BCUT2D eigenvalue weighted by Crippen LogP contribution is -2.34. The van der Waals surface area contributed by atoms with E-state index in [2.05, 4.69) is 15.6 Å². The molecule has 3 N–H and O–H groups in total. The molecule has 2 heterocycles. The molecule has 0 saturated heterocycles. The fourth-order valence-electron chi connectivity index (χ4n) is 4.02. The van der Waals surface area contributed by atoms with E-state index in [0.29, 0.717) is 12.1 Å². The Morgan fingerprint density at radius 2 is 1.88 bits per heavy atom. The van der Waals surface area contributed by atoms with Gasteiger partial charge in [-0.15, -0.1) is 0 Å². The first-order valence-corrected chi connectivity index (χ1v) is 10.1. The summed E-state index contributed by atoms with van der Waals surface area (Å²) in [4.78, 5) is 29.7. The van der Waals surface area contributed by atoms with Crippen LogP contribution in [0.5, 0.6) is 0 Å². The first-order valence-electron chi connectivity index (χ1n) is 10.1. The summed E-state index contributed by atoms with van der Waals surface area (Å²) >= 11 is 0. The molecule has 4 aromatic rings. The van der Waals surface area contributed by atoms with Crippen molar-refractivity contribution in [1.29, 1.82) is 0 Å². The fraction of sp³-hybridized carbons (Fsp3) is 0.125. The molecule has 0 fully saturated rings. The van der Waals surface area contributed by atoms with Gasteiger partial charge >= 0.3 is 0 Å². The summed E-state index contributed by atoms with van der Waals surface area (Å²) in [5.74, 6) is -1.70. The maximum Gasteiger partial charge on any atom is 0.274 e. The van der Waals surface area contributed by atoms with Crippen LogP contribution in [0.15, 0.2) is 73.1 Å². The maximum absolute atomic E-state index is 14.4. The van der Waals surface area contributed by atoms with E-state index >= 15 is 0 Å². The van der Waals surface area contributed by atoms with Crippen molar-refractivity contribution in [3.63, 3.8) is 0 Å². The minimum Gasteiger partial charge on any atom is -0.390 e. The highest BCUT2D eigenvalue weighted by Gasteiger charge is 2.32. The van der Waals surface area contributed by atoms with Crippen molar-refractivity contribution in [2.24, 2.45) is 0 Å². The predicted molar refractivity (Wildman–Crippen MR) is 116 cm³/mol. The molecule has 5 rings (SSSR count). The molecular formula is C24H19FN4O3. The highest BCUT2D eigenvalue weighted by molar-refractivity contribution is 6.04. The van der Waals surface area contributed by atoms with Gasteiger partial charge in [-0.2, -0.15) is 0 Å². The highest BCUT2D eigenvalue weighted by Crippen LogP contribution is 2.31. The number of nitrogens with zero attached hydrogens (tertiary/aromatic N) is 2. The van der Waals surface area contributed by atoms with Gasteiger partial charge < -0.3 is 15.7 Å². The zero-order chi connectivity index (χ0) is 22.2. The van der Waals surface area contributed by atoms with Gasteiger partial charge in [0, 0.05) is 18.2 Å². The molecule has 2 aromatic heterocycles. The van der Waals surface area contributed by atoms with E-state index in [9.17, 15) is 19.1 Å². The molecule has 0 aliphatic heterocycles. The summed E-state index contributed by atoms with van der Waals surface area (Å²) in [7, 11) is 0. The van der Waals surface area contributed by atoms with Crippen molar-refractivity contribution in [1.82, 2.24) is 14.7 Å². The molecule has 160 valence electrons. The molecule has 32 heavy (non-hydrogen) atoms. The molecule has 1 aliphatic rings. The number of anilines is 1. The summed E-state index contributed by atoms with van der Waals surface area (Å²) in [6.45, 7) is 0. The molecule has 7 nitrogen and oxygen atoms in total. The van der Waals surface area contributed by atoms with E-state index in [1.54, 1.807) is 28.8 Å². The number of benzene rings is 2. The van der Waals surface area contributed by atoms with Crippen molar-refractivity contribution in [2.75, 3.05) is 5.32 Å². The quantitative estimate of drug-likeness (QED) is 0.464. The SMILES string of the molecule is O=C(NC1c2ccccc2CC1O)c1ccc(F)c(NC(=O)c2cnc3ccccn23)c1. The van der Waals surface area contributed by atoms with Gasteiger partial charge in [0.15, 0.2) is 0 Å². The number of aromatic nitrogens is 2. The van der Waals surface area contributed by atoms with Crippen LogP contribution < -0.4 is 10.6 Å². The molecule has 2 aromatic carbocycles. The van der Waals surface area contributed by atoms with Gasteiger partial charge in [-0.1, -0.05) is 30.3 Å².